The summed E-state index contributed by atoms with van der Waals surface area (Å²) in [5.74, 6) is -0.197. The van der Waals surface area contributed by atoms with Crippen molar-refractivity contribution < 1.29 is 13.2 Å². The van der Waals surface area contributed by atoms with Crippen molar-refractivity contribution in [1.29, 1.82) is 0 Å². The zero-order chi connectivity index (χ0) is 20.3. The second-order valence-electron chi connectivity index (χ2n) is 5.99. The van der Waals surface area contributed by atoms with Crippen molar-refractivity contribution >= 4 is 61.6 Å². The number of nitrogens with one attached hydrogen (secondary N) is 2. The molecule has 2 heterocycles. The summed E-state index contributed by atoms with van der Waals surface area (Å²) in [6, 6.07) is 10.2. The second kappa shape index (κ2) is 8.60. The highest BCUT2D eigenvalue weighted by Gasteiger charge is 2.17. The number of amides is 1. The van der Waals surface area contributed by atoms with Crippen LogP contribution in [0.3, 0.4) is 0 Å². The maximum absolute atomic E-state index is 12.6. The first kappa shape index (κ1) is 20.8. The standard InChI is InChI=1S/C18H18ClN3O3S3/c1-3-10-28(24,25)22-13-6-4-12(5-7-13)21-17(23)16-11(2)20-18(27-16)14-8-9-15(19)26-14/h4-9,22H,3,10H2,1-2H3,(H,21,23). The molecule has 0 saturated carbocycles. The number of thiazole rings is 1. The quantitative estimate of drug-likeness (QED) is 0.510. The highest BCUT2D eigenvalue weighted by molar-refractivity contribution is 7.92. The molecule has 0 bridgehead atoms. The minimum Gasteiger partial charge on any atom is -0.321 e. The Morgan fingerprint density at radius 1 is 1.11 bits per heavy atom. The molecule has 0 aliphatic rings. The van der Waals surface area contributed by atoms with Crippen LogP contribution in [-0.2, 0) is 10.0 Å². The number of anilines is 2. The Morgan fingerprint density at radius 3 is 2.39 bits per heavy atom. The number of hydrogen-bond acceptors (Lipinski definition) is 6. The lowest BCUT2D eigenvalue weighted by molar-refractivity contribution is 0.103. The van der Waals surface area contributed by atoms with Crippen LogP contribution in [0.2, 0.25) is 4.34 Å². The van der Waals surface area contributed by atoms with Crippen molar-refractivity contribution in [2.24, 2.45) is 0 Å². The van der Waals surface area contributed by atoms with Gasteiger partial charge >= 0.3 is 0 Å². The molecule has 0 radical (unpaired) electrons. The Kier molecular flexibility index (Phi) is 6.39. The van der Waals surface area contributed by atoms with Crippen LogP contribution in [0.15, 0.2) is 36.4 Å². The Labute approximate surface area is 176 Å². The molecule has 0 aliphatic heterocycles. The molecule has 0 fully saturated rings. The molecule has 0 atom stereocenters. The van der Waals surface area contributed by atoms with Crippen molar-refractivity contribution in [3.63, 3.8) is 0 Å². The smallest absolute Gasteiger partial charge is 0.267 e. The molecule has 28 heavy (non-hydrogen) atoms. The van der Waals surface area contributed by atoms with Crippen molar-refractivity contribution in [3.8, 4) is 9.88 Å². The lowest BCUT2D eigenvalue weighted by atomic mass is 10.3. The molecule has 2 aromatic heterocycles. The van der Waals surface area contributed by atoms with Crippen molar-refractivity contribution in [2.75, 3.05) is 15.8 Å². The third-order valence-corrected chi connectivity index (χ3v) is 7.72. The molecule has 6 nitrogen and oxygen atoms in total. The summed E-state index contributed by atoms with van der Waals surface area (Å²) in [7, 11) is -3.34. The first-order chi connectivity index (χ1) is 13.3. The third-order valence-electron chi connectivity index (χ3n) is 3.68. The molecule has 3 rings (SSSR count). The van der Waals surface area contributed by atoms with Gasteiger partial charge in [-0.25, -0.2) is 13.4 Å². The lowest BCUT2D eigenvalue weighted by Crippen LogP contribution is -2.16. The van der Waals surface area contributed by atoms with Crippen LogP contribution in [0.25, 0.3) is 9.88 Å². The van der Waals surface area contributed by atoms with E-state index in [1.54, 1.807) is 44.2 Å². The second-order valence-corrected chi connectivity index (χ2v) is 10.5. The topological polar surface area (TPSA) is 88.2 Å². The largest absolute Gasteiger partial charge is 0.321 e. The molecule has 0 spiro atoms. The number of aromatic nitrogens is 1. The maximum Gasteiger partial charge on any atom is 0.267 e. The monoisotopic (exact) mass is 455 g/mol. The molecular formula is C18H18ClN3O3S3. The number of sulfonamides is 1. The summed E-state index contributed by atoms with van der Waals surface area (Å²) in [5.41, 5.74) is 1.67. The number of benzene rings is 1. The molecule has 3 aromatic rings. The predicted octanol–water partition coefficient (Wildman–Crippen LogP) is 5.24. The van der Waals surface area contributed by atoms with Crippen LogP contribution >= 0.6 is 34.3 Å². The fraction of sp³-hybridized carbons (Fsp3) is 0.222. The maximum atomic E-state index is 12.6. The van der Waals surface area contributed by atoms with Gasteiger partial charge in [-0.05, 0) is 49.7 Å². The van der Waals surface area contributed by atoms with E-state index in [0.29, 0.717) is 32.7 Å². The molecule has 0 saturated heterocycles. The van der Waals surface area contributed by atoms with Crippen molar-refractivity contribution in [3.05, 3.63) is 51.3 Å². The van der Waals surface area contributed by atoms with Gasteiger partial charge in [-0.1, -0.05) is 18.5 Å². The van der Waals surface area contributed by atoms with Crippen molar-refractivity contribution in [2.45, 2.75) is 20.3 Å². The van der Waals surface area contributed by atoms with E-state index in [-0.39, 0.29) is 11.7 Å². The molecule has 1 aromatic carbocycles. The van der Waals surface area contributed by atoms with Gasteiger partial charge in [0.2, 0.25) is 10.0 Å². The highest BCUT2D eigenvalue weighted by atomic mass is 35.5. The Morgan fingerprint density at radius 2 is 1.79 bits per heavy atom. The molecule has 0 unspecified atom stereocenters. The summed E-state index contributed by atoms with van der Waals surface area (Å²) >= 11 is 8.69. The minimum atomic E-state index is -3.34. The number of halogens is 1. The number of nitrogens with zero attached hydrogens (tertiary/aromatic N) is 1. The summed E-state index contributed by atoms with van der Waals surface area (Å²) in [4.78, 5) is 18.5. The van der Waals surface area contributed by atoms with Gasteiger partial charge in [-0.15, -0.1) is 22.7 Å². The average molecular weight is 456 g/mol. The highest BCUT2D eigenvalue weighted by Crippen LogP contribution is 2.35. The fourth-order valence-electron chi connectivity index (χ4n) is 2.45. The summed E-state index contributed by atoms with van der Waals surface area (Å²) in [6.07, 6.45) is 0.539. The molecule has 0 aliphatic carbocycles. The normalized spacial score (nSPS) is 11.4. The van der Waals surface area contributed by atoms with E-state index >= 15 is 0 Å². The molecule has 148 valence electrons. The van der Waals surface area contributed by atoms with Gasteiger partial charge in [0.15, 0.2) is 0 Å². The van der Waals surface area contributed by atoms with Gasteiger partial charge in [0.05, 0.1) is 20.7 Å². The number of thiophene rings is 1. The molecule has 1 amide bonds. The van der Waals surface area contributed by atoms with E-state index in [1.807, 2.05) is 6.07 Å². The zero-order valence-electron chi connectivity index (χ0n) is 15.2. The summed E-state index contributed by atoms with van der Waals surface area (Å²) in [5, 5.41) is 3.57. The SMILES string of the molecule is CCCS(=O)(=O)Nc1ccc(NC(=O)c2sc(-c3ccc(Cl)s3)nc2C)cc1. The van der Waals surface area contributed by atoms with Gasteiger partial charge in [0.1, 0.15) is 9.88 Å². The summed E-state index contributed by atoms with van der Waals surface area (Å²) < 4.78 is 26.8. The zero-order valence-corrected chi connectivity index (χ0v) is 18.4. The number of aryl methyl sites for hydroxylation is 1. The average Bonchev–Trinajstić information content (AvgIpc) is 3.22. The first-order valence-electron chi connectivity index (χ1n) is 8.42. The third kappa shape index (κ3) is 5.11. The van der Waals surface area contributed by atoms with Crippen LogP contribution in [0, 0.1) is 6.92 Å². The van der Waals surface area contributed by atoms with Gasteiger partial charge in [0.25, 0.3) is 5.91 Å². The molecule has 10 heteroatoms. The van der Waals surface area contributed by atoms with E-state index in [9.17, 15) is 13.2 Å². The number of carbonyl (C=O) groups excluding carboxylic acids is 1. The van der Waals surface area contributed by atoms with E-state index in [1.165, 1.54) is 22.7 Å². The van der Waals surface area contributed by atoms with E-state index < -0.39 is 10.0 Å². The van der Waals surface area contributed by atoms with Crippen molar-refractivity contribution in [1.82, 2.24) is 4.98 Å². The fourth-order valence-corrected chi connectivity index (χ4v) is 5.64. The van der Waals surface area contributed by atoms with Crippen LogP contribution < -0.4 is 10.0 Å². The lowest BCUT2D eigenvalue weighted by Gasteiger charge is -2.08. The van der Waals surface area contributed by atoms with Crippen LogP contribution in [0.4, 0.5) is 11.4 Å². The Hall–Kier alpha value is -1.94. The van der Waals surface area contributed by atoms with Crippen LogP contribution in [0.1, 0.15) is 28.7 Å². The van der Waals surface area contributed by atoms with E-state index in [0.717, 1.165) is 9.88 Å². The van der Waals surface area contributed by atoms with Gasteiger partial charge in [0, 0.05) is 11.4 Å². The summed E-state index contributed by atoms with van der Waals surface area (Å²) in [6.45, 7) is 3.59. The minimum absolute atomic E-state index is 0.0634. The molecule has 2 N–H and O–H groups in total. The predicted molar refractivity (Wildman–Crippen MR) is 117 cm³/mol. The Bertz CT molecular complexity index is 1090. The first-order valence-corrected chi connectivity index (χ1v) is 12.1. The number of rotatable bonds is 7. The number of hydrogen-bond donors (Lipinski definition) is 2. The van der Waals surface area contributed by atoms with Gasteiger partial charge < -0.3 is 5.32 Å². The van der Waals surface area contributed by atoms with Crippen LogP contribution in [-0.4, -0.2) is 25.1 Å². The Balaban J connectivity index is 1.70. The van der Waals surface area contributed by atoms with Gasteiger partial charge in [-0.2, -0.15) is 0 Å². The number of carbonyl (C=O) groups is 1. The van der Waals surface area contributed by atoms with E-state index in [4.69, 9.17) is 11.6 Å². The van der Waals surface area contributed by atoms with E-state index in [2.05, 4.69) is 15.0 Å². The molecular weight excluding hydrogens is 438 g/mol. The van der Waals surface area contributed by atoms with Gasteiger partial charge in [-0.3, -0.25) is 9.52 Å². The van der Waals surface area contributed by atoms with Crippen LogP contribution in [0.5, 0.6) is 0 Å².